The lowest BCUT2D eigenvalue weighted by Gasteiger charge is -2.21. The van der Waals surface area contributed by atoms with Crippen molar-refractivity contribution in [3.8, 4) is 0 Å². The molecule has 0 saturated heterocycles. The number of carbonyl (C=O) groups excluding carboxylic acids is 3. The maximum absolute atomic E-state index is 12.9. The molecule has 0 spiro atoms. The highest BCUT2D eigenvalue weighted by Gasteiger charge is 2.28. The van der Waals surface area contributed by atoms with E-state index in [1.807, 2.05) is 0 Å². The number of allylic oxidation sites excluding steroid dienone is 16. The van der Waals surface area contributed by atoms with Gasteiger partial charge in [-0.15, -0.1) is 0 Å². The lowest BCUT2D eigenvalue weighted by Crippen LogP contribution is -2.30. The van der Waals surface area contributed by atoms with E-state index in [2.05, 4.69) is 118 Å². The van der Waals surface area contributed by atoms with E-state index in [-0.39, 0.29) is 25.9 Å². The molecule has 12 heteroatoms. The molecule has 0 fully saturated rings. The Morgan fingerprint density at radius 1 is 0.392 bits per heavy atom. The molecule has 2 N–H and O–H groups in total. The third kappa shape index (κ3) is 53.2. The summed E-state index contributed by atoms with van der Waals surface area (Å²) in [4.78, 5) is 48.5. The van der Waals surface area contributed by atoms with E-state index in [1.165, 1.54) is 57.8 Å². The second kappa shape index (κ2) is 55.6. The molecule has 0 aliphatic carbocycles. The number of aliphatic hydroxyl groups excluding tert-OH is 1. The van der Waals surface area contributed by atoms with Crippen LogP contribution < -0.4 is 0 Å². The highest BCUT2D eigenvalue weighted by molar-refractivity contribution is 7.47. The summed E-state index contributed by atoms with van der Waals surface area (Å²) >= 11 is 0. The zero-order valence-electron chi connectivity index (χ0n) is 46.8. The molecule has 0 aliphatic rings. The topological polar surface area (TPSA) is 155 Å². The van der Waals surface area contributed by atoms with Crippen molar-refractivity contribution in [2.45, 2.75) is 251 Å². The summed E-state index contributed by atoms with van der Waals surface area (Å²) in [6.45, 7) is 4.42. The molecule has 0 amide bonds. The van der Waals surface area contributed by atoms with Gasteiger partial charge >= 0.3 is 25.7 Å². The number of hydrogen-bond donors (Lipinski definition) is 2. The molecule has 0 bridgehead atoms. The Balaban J connectivity index is 4.80. The van der Waals surface area contributed by atoms with Crippen LogP contribution in [0.2, 0.25) is 0 Å². The SMILES string of the molecule is CC/C=C\C/C=C\C/C=C\C/C=C\C/C=C\CCCCCC(=O)OCC(COP(=O)(O)OCC(CO)OC(=O)CCCCCCCCCCC)OC(=O)CCCCCCCC/C=C\C/C=C\C/C=C\CCCCC. The highest BCUT2D eigenvalue weighted by Crippen LogP contribution is 2.43. The van der Waals surface area contributed by atoms with E-state index < -0.39 is 57.8 Å². The van der Waals surface area contributed by atoms with E-state index in [4.69, 9.17) is 23.3 Å². The van der Waals surface area contributed by atoms with E-state index in [9.17, 15) is 28.9 Å². The van der Waals surface area contributed by atoms with Crippen LogP contribution in [0, 0.1) is 0 Å². The molecule has 3 atom stereocenters. The highest BCUT2D eigenvalue weighted by atomic mass is 31.2. The van der Waals surface area contributed by atoms with Gasteiger partial charge in [0.15, 0.2) is 6.10 Å². The monoisotopic (exact) mass is 1060 g/mol. The predicted molar refractivity (Wildman–Crippen MR) is 307 cm³/mol. The molecule has 0 aromatic rings. The summed E-state index contributed by atoms with van der Waals surface area (Å²) in [6.07, 6.45) is 65.1. The fraction of sp³-hybridized carbons (Fsp3) is 0.694. The molecule has 0 aliphatic heterocycles. The Bertz CT molecular complexity index is 1610. The van der Waals surface area contributed by atoms with Crippen LogP contribution in [-0.4, -0.2) is 66.5 Å². The average molecular weight is 1060 g/mol. The maximum Gasteiger partial charge on any atom is 0.472 e. The first-order chi connectivity index (χ1) is 36.2. The second-order valence-corrected chi connectivity index (χ2v) is 20.5. The fourth-order valence-corrected chi connectivity index (χ4v) is 8.35. The van der Waals surface area contributed by atoms with Crippen molar-refractivity contribution in [3.05, 3.63) is 97.2 Å². The third-order valence-electron chi connectivity index (χ3n) is 12.0. The number of phosphoric acid groups is 1. The summed E-state index contributed by atoms with van der Waals surface area (Å²) in [7, 11) is -4.76. The Morgan fingerprint density at radius 3 is 1.12 bits per heavy atom. The number of hydrogen-bond acceptors (Lipinski definition) is 10. The minimum atomic E-state index is -4.76. The van der Waals surface area contributed by atoms with Crippen LogP contribution in [0.5, 0.6) is 0 Å². The van der Waals surface area contributed by atoms with Crippen LogP contribution in [0.4, 0.5) is 0 Å². The first kappa shape index (κ1) is 70.4. The van der Waals surface area contributed by atoms with Gasteiger partial charge in [0.2, 0.25) is 0 Å². The second-order valence-electron chi connectivity index (χ2n) is 19.1. The molecule has 74 heavy (non-hydrogen) atoms. The van der Waals surface area contributed by atoms with Gasteiger partial charge in [-0.1, -0.05) is 214 Å². The van der Waals surface area contributed by atoms with Crippen molar-refractivity contribution in [1.82, 2.24) is 0 Å². The Morgan fingerprint density at radius 2 is 0.703 bits per heavy atom. The third-order valence-corrected chi connectivity index (χ3v) is 12.9. The van der Waals surface area contributed by atoms with Gasteiger partial charge in [0, 0.05) is 19.3 Å². The Kier molecular flexibility index (Phi) is 52.9. The first-order valence-electron chi connectivity index (χ1n) is 29.1. The minimum Gasteiger partial charge on any atom is -0.462 e. The molecule has 0 aromatic carbocycles. The number of phosphoric ester groups is 1. The summed E-state index contributed by atoms with van der Waals surface area (Å²) in [6, 6.07) is 0. The summed E-state index contributed by atoms with van der Waals surface area (Å²) in [5.74, 6) is -1.52. The van der Waals surface area contributed by atoms with Crippen molar-refractivity contribution < 1.29 is 52.2 Å². The largest absolute Gasteiger partial charge is 0.472 e. The first-order valence-corrected chi connectivity index (χ1v) is 30.6. The quantitative estimate of drug-likeness (QED) is 0.0197. The lowest BCUT2D eigenvalue weighted by molar-refractivity contribution is -0.161. The van der Waals surface area contributed by atoms with Gasteiger partial charge in [-0.05, 0) is 103 Å². The van der Waals surface area contributed by atoms with Crippen LogP contribution in [0.15, 0.2) is 97.2 Å². The molecular formula is C62H105O11P. The van der Waals surface area contributed by atoms with E-state index in [0.717, 1.165) is 122 Å². The van der Waals surface area contributed by atoms with Gasteiger partial charge in [0.1, 0.15) is 12.7 Å². The van der Waals surface area contributed by atoms with Crippen LogP contribution >= 0.6 is 7.82 Å². The van der Waals surface area contributed by atoms with Crippen LogP contribution in [0.25, 0.3) is 0 Å². The zero-order chi connectivity index (χ0) is 54.1. The summed E-state index contributed by atoms with van der Waals surface area (Å²) < 4.78 is 39.4. The van der Waals surface area contributed by atoms with E-state index in [1.54, 1.807) is 0 Å². The molecule has 3 unspecified atom stereocenters. The molecule has 424 valence electrons. The van der Waals surface area contributed by atoms with Crippen LogP contribution in [0.3, 0.4) is 0 Å². The Hall–Kier alpha value is -3.60. The lowest BCUT2D eigenvalue weighted by atomic mass is 10.1. The van der Waals surface area contributed by atoms with Gasteiger partial charge in [-0.3, -0.25) is 23.4 Å². The van der Waals surface area contributed by atoms with Crippen molar-refractivity contribution in [3.63, 3.8) is 0 Å². The molecular weight excluding hydrogens is 952 g/mol. The summed E-state index contributed by atoms with van der Waals surface area (Å²) in [5.41, 5.74) is 0. The fourth-order valence-electron chi connectivity index (χ4n) is 7.57. The molecule has 0 rings (SSSR count). The van der Waals surface area contributed by atoms with Crippen LogP contribution in [0.1, 0.15) is 239 Å². The number of carbonyl (C=O) groups is 3. The molecule has 0 aromatic heterocycles. The number of aliphatic hydroxyl groups is 1. The predicted octanol–water partition coefficient (Wildman–Crippen LogP) is 17.3. The van der Waals surface area contributed by atoms with Crippen molar-refractivity contribution >= 4 is 25.7 Å². The van der Waals surface area contributed by atoms with Gasteiger partial charge in [-0.2, -0.15) is 0 Å². The molecule has 0 heterocycles. The van der Waals surface area contributed by atoms with Crippen LogP contribution in [-0.2, 0) is 42.2 Å². The molecule has 0 saturated carbocycles. The molecule has 0 radical (unpaired) electrons. The van der Waals surface area contributed by atoms with Gasteiger partial charge < -0.3 is 24.2 Å². The van der Waals surface area contributed by atoms with Crippen molar-refractivity contribution in [2.24, 2.45) is 0 Å². The number of ether oxygens (including phenoxy) is 3. The van der Waals surface area contributed by atoms with Gasteiger partial charge in [0.25, 0.3) is 0 Å². The number of esters is 3. The van der Waals surface area contributed by atoms with E-state index in [0.29, 0.717) is 19.3 Å². The van der Waals surface area contributed by atoms with Gasteiger partial charge in [0.05, 0.1) is 19.8 Å². The normalized spacial score (nSPS) is 14.1. The van der Waals surface area contributed by atoms with Gasteiger partial charge in [-0.25, -0.2) is 4.57 Å². The number of rotatable bonds is 53. The zero-order valence-corrected chi connectivity index (χ0v) is 47.7. The van der Waals surface area contributed by atoms with Crippen molar-refractivity contribution in [1.29, 1.82) is 0 Å². The molecule has 11 nitrogen and oxygen atoms in total. The Labute approximate surface area is 451 Å². The van der Waals surface area contributed by atoms with E-state index >= 15 is 0 Å². The minimum absolute atomic E-state index is 0.142. The number of unbranched alkanes of at least 4 members (excludes halogenated alkanes) is 20. The average Bonchev–Trinajstić information content (AvgIpc) is 3.39. The maximum atomic E-state index is 12.9. The smallest absolute Gasteiger partial charge is 0.462 e. The standard InChI is InChI=1S/C62H105O11P/c1-4-7-10-13-16-19-21-23-25-27-29-31-33-35-37-40-42-45-48-51-60(64)69-55-59(57-71-74(67,68)70-56-58(54-63)72-61(65)52-49-46-43-39-18-15-12-9-6-3)73-62(66)53-50-47-44-41-38-36-34-32-30-28-26-24-22-20-17-14-11-8-5-2/h7,10,16-17,19-20,23-26,29-32,35,37,58-59,63H,4-6,8-9,11-15,18,21-22,27-28,33-34,36,38-57H2,1-3H3,(H,67,68)/b10-7-,19-16-,20-17-,25-23-,26-24-,31-29-,32-30-,37-35-. The van der Waals surface area contributed by atoms with Crippen molar-refractivity contribution in [2.75, 3.05) is 26.4 Å². The summed E-state index contributed by atoms with van der Waals surface area (Å²) in [5, 5.41) is 9.78.